The standard InChI is InChI=1S/C13H19N2O4P/c1-9-7-11-12(8-10(9)2)15-13(14-11)5-3-4-6-19-20(16,17)18/h7-8H,3-6H2,1-2H3,(H,14,15)(H2,16,17,18). The van der Waals surface area contributed by atoms with Gasteiger partial charge in [0.1, 0.15) is 5.82 Å². The molecular formula is C13H19N2O4P. The van der Waals surface area contributed by atoms with Crippen LogP contribution in [0.1, 0.15) is 29.8 Å². The van der Waals surface area contributed by atoms with Crippen molar-refractivity contribution in [3.8, 4) is 0 Å². The molecule has 0 spiro atoms. The molecule has 1 heterocycles. The third kappa shape index (κ3) is 4.15. The average molecular weight is 298 g/mol. The Hall–Kier alpha value is -1.20. The van der Waals surface area contributed by atoms with E-state index in [0.29, 0.717) is 6.42 Å². The topological polar surface area (TPSA) is 95.4 Å². The number of hydrogen-bond acceptors (Lipinski definition) is 3. The molecule has 0 atom stereocenters. The largest absolute Gasteiger partial charge is 0.469 e. The van der Waals surface area contributed by atoms with Crippen molar-refractivity contribution in [1.29, 1.82) is 0 Å². The van der Waals surface area contributed by atoms with Crippen LogP contribution in [0.5, 0.6) is 0 Å². The Morgan fingerprint density at radius 3 is 2.65 bits per heavy atom. The summed E-state index contributed by atoms with van der Waals surface area (Å²) in [4.78, 5) is 24.9. The first-order chi connectivity index (χ1) is 9.35. The molecule has 0 unspecified atom stereocenters. The van der Waals surface area contributed by atoms with Gasteiger partial charge in [-0.25, -0.2) is 9.55 Å². The normalized spacial score (nSPS) is 12.2. The summed E-state index contributed by atoms with van der Waals surface area (Å²) < 4.78 is 14.9. The van der Waals surface area contributed by atoms with E-state index in [1.807, 2.05) is 0 Å². The van der Waals surface area contributed by atoms with E-state index in [1.165, 1.54) is 11.1 Å². The van der Waals surface area contributed by atoms with E-state index in [0.717, 1.165) is 29.7 Å². The number of nitrogens with zero attached hydrogens (tertiary/aromatic N) is 1. The van der Waals surface area contributed by atoms with Crippen LogP contribution in [0.25, 0.3) is 11.0 Å². The first-order valence-corrected chi connectivity index (χ1v) is 8.04. The minimum atomic E-state index is -4.34. The Bertz CT molecular complexity index is 608. The summed E-state index contributed by atoms with van der Waals surface area (Å²) in [6.45, 7) is 4.18. The molecule has 3 N–H and O–H groups in total. The van der Waals surface area contributed by atoms with Crippen LogP contribution in [-0.2, 0) is 15.5 Å². The second kappa shape index (κ2) is 6.06. The van der Waals surface area contributed by atoms with Crippen LogP contribution in [0.4, 0.5) is 0 Å². The molecule has 0 bridgehead atoms. The monoisotopic (exact) mass is 298 g/mol. The van der Waals surface area contributed by atoms with Crippen LogP contribution in [-0.4, -0.2) is 26.4 Å². The molecule has 0 saturated heterocycles. The smallest absolute Gasteiger partial charge is 0.342 e. The van der Waals surface area contributed by atoms with Crippen molar-refractivity contribution in [2.75, 3.05) is 6.61 Å². The molecular weight excluding hydrogens is 279 g/mol. The summed E-state index contributed by atoms with van der Waals surface area (Å²) in [7, 11) is -4.34. The van der Waals surface area contributed by atoms with Gasteiger partial charge in [-0.2, -0.15) is 0 Å². The Labute approximate surface area is 117 Å². The van der Waals surface area contributed by atoms with Gasteiger partial charge in [0.2, 0.25) is 0 Å². The van der Waals surface area contributed by atoms with Crippen LogP contribution in [0, 0.1) is 13.8 Å². The fourth-order valence-electron chi connectivity index (χ4n) is 2.02. The lowest BCUT2D eigenvalue weighted by molar-refractivity contribution is 0.194. The third-order valence-electron chi connectivity index (χ3n) is 3.21. The van der Waals surface area contributed by atoms with Gasteiger partial charge in [-0.3, -0.25) is 4.52 Å². The van der Waals surface area contributed by atoms with Gasteiger partial charge < -0.3 is 14.8 Å². The highest BCUT2D eigenvalue weighted by molar-refractivity contribution is 7.46. The molecule has 20 heavy (non-hydrogen) atoms. The number of benzene rings is 1. The Balaban J connectivity index is 1.89. The first kappa shape index (κ1) is 15.2. The zero-order valence-corrected chi connectivity index (χ0v) is 12.5. The lowest BCUT2D eigenvalue weighted by atomic mass is 10.1. The van der Waals surface area contributed by atoms with Crippen molar-refractivity contribution in [1.82, 2.24) is 9.97 Å². The number of phosphoric acid groups is 1. The van der Waals surface area contributed by atoms with Gasteiger partial charge in [0.25, 0.3) is 0 Å². The Morgan fingerprint density at radius 2 is 1.95 bits per heavy atom. The molecule has 6 nitrogen and oxygen atoms in total. The van der Waals surface area contributed by atoms with Crippen molar-refractivity contribution in [3.05, 3.63) is 29.1 Å². The number of aromatic nitrogens is 2. The van der Waals surface area contributed by atoms with Gasteiger partial charge in [-0.15, -0.1) is 0 Å². The van der Waals surface area contributed by atoms with E-state index >= 15 is 0 Å². The summed E-state index contributed by atoms with van der Waals surface area (Å²) in [6, 6.07) is 4.14. The number of rotatable bonds is 6. The van der Waals surface area contributed by atoms with E-state index in [1.54, 1.807) is 0 Å². The maximum absolute atomic E-state index is 10.5. The maximum atomic E-state index is 10.5. The molecule has 1 aromatic carbocycles. The lowest BCUT2D eigenvalue weighted by Gasteiger charge is -2.03. The molecule has 0 amide bonds. The Morgan fingerprint density at radius 1 is 1.25 bits per heavy atom. The number of nitrogens with one attached hydrogen (secondary N) is 1. The van der Waals surface area contributed by atoms with E-state index in [9.17, 15) is 4.57 Å². The minimum Gasteiger partial charge on any atom is -0.342 e. The molecule has 0 aliphatic heterocycles. The summed E-state index contributed by atoms with van der Waals surface area (Å²) in [5.74, 6) is 0.890. The number of aryl methyl sites for hydroxylation is 3. The van der Waals surface area contributed by atoms with Gasteiger partial charge in [0.15, 0.2) is 0 Å². The van der Waals surface area contributed by atoms with Crippen LogP contribution in [0.2, 0.25) is 0 Å². The fourth-order valence-corrected chi connectivity index (χ4v) is 2.39. The van der Waals surface area contributed by atoms with Gasteiger partial charge in [0, 0.05) is 6.42 Å². The molecule has 0 aliphatic rings. The number of hydrogen-bond donors (Lipinski definition) is 3. The molecule has 2 aromatic rings. The summed E-state index contributed by atoms with van der Waals surface area (Å²) in [5, 5.41) is 0. The van der Waals surface area contributed by atoms with E-state index in [4.69, 9.17) is 9.79 Å². The summed E-state index contributed by atoms with van der Waals surface area (Å²) in [6.07, 6.45) is 2.08. The molecule has 0 fully saturated rings. The number of imidazole rings is 1. The molecule has 0 aliphatic carbocycles. The quantitative estimate of drug-likeness (QED) is 0.563. The van der Waals surface area contributed by atoms with Gasteiger partial charge in [-0.05, 0) is 49.9 Å². The molecule has 110 valence electrons. The predicted molar refractivity (Wildman–Crippen MR) is 76.5 cm³/mol. The fraction of sp³-hybridized carbons (Fsp3) is 0.462. The summed E-state index contributed by atoms with van der Waals surface area (Å²) in [5.41, 5.74) is 4.41. The predicted octanol–water partition coefficient (Wildman–Crippen LogP) is 2.61. The SMILES string of the molecule is Cc1cc2nc(CCCCOP(=O)(O)O)[nH]c2cc1C. The molecule has 1 aromatic heterocycles. The second-order valence-electron chi connectivity index (χ2n) is 4.92. The minimum absolute atomic E-state index is 0.0583. The van der Waals surface area contributed by atoms with Gasteiger partial charge in [0.05, 0.1) is 17.6 Å². The van der Waals surface area contributed by atoms with Crippen molar-refractivity contribution in [2.24, 2.45) is 0 Å². The van der Waals surface area contributed by atoms with E-state index in [-0.39, 0.29) is 6.61 Å². The molecule has 2 rings (SSSR count). The molecule has 0 radical (unpaired) electrons. The summed E-state index contributed by atoms with van der Waals surface area (Å²) >= 11 is 0. The highest BCUT2D eigenvalue weighted by atomic mass is 31.2. The van der Waals surface area contributed by atoms with Crippen molar-refractivity contribution in [3.63, 3.8) is 0 Å². The highest BCUT2D eigenvalue weighted by Gasteiger charge is 2.12. The van der Waals surface area contributed by atoms with E-state index < -0.39 is 7.82 Å². The molecule has 7 heteroatoms. The number of aromatic amines is 1. The van der Waals surface area contributed by atoms with Gasteiger partial charge in [-0.1, -0.05) is 0 Å². The third-order valence-corrected chi connectivity index (χ3v) is 3.73. The van der Waals surface area contributed by atoms with Crippen molar-refractivity contribution in [2.45, 2.75) is 33.1 Å². The number of unbranched alkanes of at least 4 members (excludes halogenated alkanes) is 1. The second-order valence-corrected chi connectivity index (χ2v) is 6.16. The number of phosphoric ester groups is 1. The van der Waals surface area contributed by atoms with Crippen LogP contribution >= 0.6 is 7.82 Å². The van der Waals surface area contributed by atoms with Crippen LogP contribution in [0.15, 0.2) is 12.1 Å². The van der Waals surface area contributed by atoms with Gasteiger partial charge >= 0.3 is 7.82 Å². The average Bonchev–Trinajstić information content (AvgIpc) is 2.69. The first-order valence-electron chi connectivity index (χ1n) is 6.51. The maximum Gasteiger partial charge on any atom is 0.469 e. The molecule has 0 saturated carbocycles. The van der Waals surface area contributed by atoms with Crippen LogP contribution < -0.4 is 0 Å². The van der Waals surface area contributed by atoms with Crippen molar-refractivity contribution >= 4 is 18.9 Å². The van der Waals surface area contributed by atoms with Crippen LogP contribution in [0.3, 0.4) is 0 Å². The number of fused-ring (bicyclic) bond motifs is 1. The van der Waals surface area contributed by atoms with E-state index in [2.05, 4.69) is 40.5 Å². The lowest BCUT2D eigenvalue weighted by Crippen LogP contribution is -1.95. The Kier molecular flexibility index (Phi) is 4.60. The van der Waals surface area contributed by atoms with Crippen molar-refractivity contribution < 1.29 is 18.9 Å². The number of H-pyrrole nitrogens is 1. The zero-order valence-electron chi connectivity index (χ0n) is 11.6. The zero-order chi connectivity index (χ0) is 14.8. The highest BCUT2D eigenvalue weighted by Crippen LogP contribution is 2.35.